The molecule has 0 saturated heterocycles. The Morgan fingerprint density at radius 1 is 1.21 bits per heavy atom. The average molecular weight is 396 g/mol. The maximum atomic E-state index is 13.3. The highest BCUT2D eigenvalue weighted by molar-refractivity contribution is 5.77. The first-order chi connectivity index (χ1) is 13.8. The molecule has 0 spiro atoms. The van der Waals surface area contributed by atoms with Gasteiger partial charge in [0.05, 0.1) is 0 Å². The van der Waals surface area contributed by atoms with E-state index in [4.69, 9.17) is 4.98 Å². The van der Waals surface area contributed by atoms with Crippen LogP contribution in [0.15, 0.2) is 33.9 Å². The summed E-state index contributed by atoms with van der Waals surface area (Å²) < 4.78 is 4.88. The van der Waals surface area contributed by atoms with Gasteiger partial charge in [0.2, 0.25) is 5.95 Å². The van der Waals surface area contributed by atoms with Crippen LogP contribution in [0.2, 0.25) is 0 Å². The second kappa shape index (κ2) is 7.21. The third-order valence-corrected chi connectivity index (χ3v) is 5.69. The smallest absolute Gasteiger partial charge is 0.312 e. The molecule has 0 amide bonds. The highest BCUT2D eigenvalue weighted by Crippen LogP contribution is 2.33. The van der Waals surface area contributed by atoms with E-state index < -0.39 is 0 Å². The third-order valence-electron chi connectivity index (χ3n) is 5.69. The van der Waals surface area contributed by atoms with E-state index >= 15 is 0 Å². The van der Waals surface area contributed by atoms with Gasteiger partial charge in [-0.1, -0.05) is 32.9 Å². The van der Waals surface area contributed by atoms with E-state index in [2.05, 4.69) is 50.8 Å². The van der Waals surface area contributed by atoms with Crippen LogP contribution >= 0.6 is 0 Å². The SMILES string of the molecule is Cc1cccc(N2C[C@H](C)Cn3c2nc2c3c(=O)n(CCC(C)C)c(=O)n2C)c1. The third kappa shape index (κ3) is 3.28. The average Bonchev–Trinajstić information content (AvgIpc) is 3.05. The van der Waals surface area contributed by atoms with Crippen LogP contribution < -0.4 is 16.1 Å². The van der Waals surface area contributed by atoms with Crippen molar-refractivity contribution in [1.29, 1.82) is 0 Å². The van der Waals surface area contributed by atoms with Crippen LogP contribution in [0.1, 0.15) is 32.8 Å². The van der Waals surface area contributed by atoms with E-state index in [9.17, 15) is 9.59 Å². The fraction of sp³-hybridized carbons (Fsp3) is 0.500. The fourth-order valence-corrected chi connectivity index (χ4v) is 4.10. The standard InChI is InChI=1S/C22H29N5O2/c1-14(2)9-10-25-20(28)18-19(24(5)22(25)29)23-21-26(12-16(4)13-27(18)21)17-8-6-7-15(3)11-17/h6-8,11,14,16H,9-10,12-13H2,1-5H3/t16-/m0/s1. The number of anilines is 2. The number of benzene rings is 1. The molecular weight excluding hydrogens is 366 g/mol. The van der Waals surface area contributed by atoms with E-state index in [1.54, 1.807) is 7.05 Å². The Kier molecular flexibility index (Phi) is 4.84. The minimum absolute atomic E-state index is 0.235. The molecule has 7 heteroatoms. The van der Waals surface area contributed by atoms with Crippen molar-refractivity contribution in [2.75, 3.05) is 11.4 Å². The molecule has 0 N–H and O–H groups in total. The molecule has 0 bridgehead atoms. The number of aryl methyl sites for hydroxylation is 2. The molecule has 0 unspecified atom stereocenters. The molecule has 7 nitrogen and oxygen atoms in total. The van der Waals surface area contributed by atoms with Crippen LogP contribution in [0.25, 0.3) is 11.2 Å². The Morgan fingerprint density at radius 2 is 1.97 bits per heavy atom. The first-order valence-electron chi connectivity index (χ1n) is 10.3. The minimum atomic E-state index is -0.297. The molecule has 1 aliphatic rings. The Morgan fingerprint density at radius 3 is 2.66 bits per heavy atom. The molecule has 3 aromatic rings. The molecule has 0 radical (unpaired) electrons. The maximum Gasteiger partial charge on any atom is 0.332 e. The van der Waals surface area contributed by atoms with Crippen molar-refractivity contribution in [2.24, 2.45) is 18.9 Å². The lowest BCUT2D eigenvalue weighted by atomic mass is 10.1. The van der Waals surface area contributed by atoms with Crippen LogP contribution in [0.3, 0.4) is 0 Å². The Bertz CT molecular complexity index is 1180. The number of rotatable bonds is 4. The summed E-state index contributed by atoms with van der Waals surface area (Å²) in [6.45, 7) is 10.4. The second-order valence-electron chi connectivity index (χ2n) is 8.73. The summed E-state index contributed by atoms with van der Waals surface area (Å²) in [5, 5.41) is 0. The van der Waals surface area contributed by atoms with Gasteiger partial charge in [-0.25, -0.2) is 4.79 Å². The van der Waals surface area contributed by atoms with Crippen molar-refractivity contribution < 1.29 is 0 Å². The zero-order valence-electron chi connectivity index (χ0n) is 17.8. The van der Waals surface area contributed by atoms with Crippen LogP contribution in [0.4, 0.5) is 11.6 Å². The van der Waals surface area contributed by atoms with Gasteiger partial charge in [-0.2, -0.15) is 4.98 Å². The molecule has 1 aliphatic heterocycles. The highest BCUT2D eigenvalue weighted by atomic mass is 16.2. The first-order valence-corrected chi connectivity index (χ1v) is 10.3. The second-order valence-corrected chi connectivity index (χ2v) is 8.73. The molecule has 2 aromatic heterocycles. The quantitative estimate of drug-likeness (QED) is 0.681. The molecule has 0 fully saturated rings. The molecule has 0 saturated carbocycles. The fourth-order valence-electron chi connectivity index (χ4n) is 4.10. The molecule has 0 aliphatic carbocycles. The van der Waals surface area contributed by atoms with E-state index in [1.165, 1.54) is 14.7 Å². The van der Waals surface area contributed by atoms with Gasteiger partial charge >= 0.3 is 5.69 Å². The zero-order chi connectivity index (χ0) is 20.9. The van der Waals surface area contributed by atoms with Gasteiger partial charge in [0.15, 0.2) is 11.2 Å². The molecule has 154 valence electrons. The van der Waals surface area contributed by atoms with E-state index in [0.717, 1.165) is 24.6 Å². The van der Waals surface area contributed by atoms with E-state index in [1.807, 2.05) is 10.6 Å². The minimum Gasteiger partial charge on any atom is -0.312 e. The lowest BCUT2D eigenvalue weighted by Crippen LogP contribution is -2.40. The number of nitrogens with zero attached hydrogens (tertiary/aromatic N) is 5. The van der Waals surface area contributed by atoms with Crippen LogP contribution in [-0.4, -0.2) is 25.2 Å². The predicted octanol–water partition coefficient (Wildman–Crippen LogP) is 3.04. The summed E-state index contributed by atoms with van der Waals surface area (Å²) in [6, 6.07) is 8.29. The first kappa shape index (κ1) is 19.5. The largest absolute Gasteiger partial charge is 0.332 e. The van der Waals surface area contributed by atoms with Crippen molar-refractivity contribution in [1.82, 2.24) is 18.7 Å². The summed E-state index contributed by atoms with van der Waals surface area (Å²) in [6.07, 6.45) is 0.785. The predicted molar refractivity (Wildman–Crippen MR) is 116 cm³/mol. The Balaban J connectivity index is 1.95. The molecule has 1 aromatic carbocycles. The van der Waals surface area contributed by atoms with E-state index in [0.29, 0.717) is 36.1 Å². The van der Waals surface area contributed by atoms with Crippen molar-refractivity contribution in [3.63, 3.8) is 0 Å². The Hall–Kier alpha value is -2.83. The highest BCUT2D eigenvalue weighted by Gasteiger charge is 2.29. The Labute approximate surface area is 170 Å². The van der Waals surface area contributed by atoms with Gasteiger partial charge in [-0.15, -0.1) is 0 Å². The van der Waals surface area contributed by atoms with Gasteiger partial charge < -0.3 is 9.47 Å². The summed E-state index contributed by atoms with van der Waals surface area (Å²) in [5.41, 5.74) is 2.68. The van der Waals surface area contributed by atoms with Gasteiger partial charge in [-0.3, -0.25) is 13.9 Å². The summed E-state index contributed by atoms with van der Waals surface area (Å²) >= 11 is 0. The van der Waals surface area contributed by atoms with E-state index in [-0.39, 0.29) is 11.2 Å². The van der Waals surface area contributed by atoms with Gasteiger partial charge in [0.25, 0.3) is 5.56 Å². The number of imidazole rings is 1. The van der Waals surface area contributed by atoms with Crippen molar-refractivity contribution in [3.8, 4) is 0 Å². The summed E-state index contributed by atoms with van der Waals surface area (Å²) in [4.78, 5) is 33.1. The molecular formula is C22H29N5O2. The summed E-state index contributed by atoms with van der Waals surface area (Å²) in [7, 11) is 1.70. The monoisotopic (exact) mass is 395 g/mol. The number of fused-ring (bicyclic) bond motifs is 3. The normalized spacial score (nSPS) is 16.6. The molecule has 1 atom stereocenters. The van der Waals surface area contributed by atoms with Gasteiger partial charge in [0.1, 0.15) is 0 Å². The lowest BCUT2D eigenvalue weighted by Gasteiger charge is -2.33. The zero-order valence-corrected chi connectivity index (χ0v) is 17.8. The van der Waals surface area contributed by atoms with Crippen molar-refractivity contribution in [2.45, 2.75) is 47.2 Å². The van der Waals surface area contributed by atoms with Crippen molar-refractivity contribution >= 4 is 22.8 Å². The number of hydrogen-bond acceptors (Lipinski definition) is 4. The summed E-state index contributed by atoms with van der Waals surface area (Å²) in [5.74, 6) is 1.50. The van der Waals surface area contributed by atoms with Crippen LogP contribution in [-0.2, 0) is 20.1 Å². The molecule has 3 heterocycles. The molecule has 4 rings (SSSR count). The van der Waals surface area contributed by atoms with Gasteiger partial charge in [-0.05, 0) is 42.9 Å². The maximum absolute atomic E-state index is 13.3. The number of hydrogen-bond donors (Lipinski definition) is 0. The lowest BCUT2D eigenvalue weighted by molar-refractivity contribution is 0.455. The van der Waals surface area contributed by atoms with Crippen molar-refractivity contribution in [3.05, 3.63) is 50.7 Å². The van der Waals surface area contributed by atoms with Gasteiger partial charge in [0, 0.05) is 32.4 Å². The molecule has 29 heavy (non-hydrogen) atoms. The van der Waals surface area contributed by atoms with Crippen LogP contribution in [0, 0.1) is 18.8 Å². The van der Waals surface area contributed by atoms with Crippen LogP contribution in [0.5, 0.6) is 0 Å². The topological polar surface area (TPSA) is 65.1 Å². The number of aromatic nitrogens is 4.